The van der Waals surface area contributed by atoms with Crippen LogP contribution in [0, 0.1) is 11.8 Å². The fourth-order valence-corrected chi connectivity index (χ4v) is 2.53. The van der Waals surface area contributed by atoms with Gasteiger partial charge in [0.1, 0.15) is 0 Å². The van der Waals surface area contributed by atoms with Crippen molar-refractivity contribution in [1.29, 1.82) is 0 Å². The van der Waals surface area contributed by atoms with Crippen LogP contribution in [0.15, 0.2) is 0 Å². The number of nitrogens with one attached hydrogen (secondary N) is 1. The van der Waals surface area contributed by atoms with Gasteiger partial charge in [0.15, 0.2) is 0 Å². The molecule has 1 aliphatic heterocycles. The van der Waals surface area contributed by atoms with Crippen molar-refractivity contribution in [1.82, 2.24) is 5.32 Å². The lowest BCUT2D eigenvalue weighted by atomic mass is 9.74. The van der Waals surface area contributed by atoms with Crippen molar-refractivity contribution in [2.75, 3.05) is 13.1 Å². The predicted octanol–water partition coefficient (Wildman–Crippen LogP) is 2.81. The minimum Gasteiger partial charge on any atom is -0.317 e. The maximum absolute atomic E-state index is 13.9. The molecule has 0 aromatic carbocycles. The molecule has 2 aliphatic rings. The van der Waals surface area contributed by atoms with Crippen LogP contribution in [0.25, 0.3) is 0 Å². The Bertz CT molecular complexity index is 182. The average Bonchev–Trinajstić information content (AvgIpc) is 2.26. The summed E-state index contributed by atoms with van der Waals surface area (Å²) < 4.78 is 27.8. The molecule has 0 aromatic rings. The van der Waals surface area contributed by atoms with E-state index in [0.29, 0.717) is 12.8 Å². The van der Waals surface area contributed by atoms with Crippen LogP contribution < -0.4 is 5.32 Å². The summed E-state index contributed by atoms with van der Waals surface area (Å²) in [6, 6.07) is 0. The molecule has 1 saturated carbocycles. The average molecular weight is 203 g/mol. The van der Waals surface area contributed by atoms with E-state index in [2.05, 4.69) is 5.32 Å². The maximum atomic E-state index is 13.9. The molecule has 0 amide bonds. The van der Waals surface area contributed by atoms with Gasteiger partial charge < -0.3 is 5.32 Å². The van der Waals surface area contributed by atoms with E-state index in [-0.39, 0.29) is 11.8 Å². The summed E-state index contributed by atoms with van der Waals surface area (Å²) in [5.74, 6) is -3.04. The molecule has 3 heteroatoms. The van der Waals surface area contributed by atoms with E-state index in [9.17, 15) is 8.78 Å². The summed E-state index contributed by atoms with van der Waals surface area (Å²) in [5, 5.41) is 3.19. The van der Waals surface area contributed by atoms with Crippen LogP contribution in [0.1, 0.15) is 38.5 Å². The van der Waals surface area contributed by atoms with E-state index >= 15 is 0 Å². The highest BCUT2D eigenvalue weighted by atomic mass is 19.3. The van der Waals surface area contributed by atoms with Crippen molar-refractivity contribution in [3.8, 4) is 0 Å². The van der Waals surface area contributed by atoms with Gasteiger partial charge >= 0.3 is 0 Å². The van der Waals surface area contributed by atoms with Gasteiger partial charge in [-0.15, -0.1) is 0 Å². The first-order valence-corrected chi connectivity index (χ1v) is 5.80. The van der Waals surface area contributed by atoms with Crippen molar-refractivity contribution in [2.45, 2.75) is 44.4 Å². The van der Waals surface area contributed by atoms with E-state index in [1.807, 2.05) is 0 Å². The Kier molecular flexibility index (Phi) is 3.05. The lowest BCUT2D eigenvalue weighted by Gasteiger charge is -2.38. The Morgan fingerprint density at radius 2 is 1.50 bits per heavy atom. The summed E-state index contributed by atoms with van der Waals surface area (Å²) in [4.78, 5) is 0. The minimum absolute atomic E-state index is 0.300. The van der Waals surface area contributed by atoms with Crippen LogP contribution in [0.5, 0.6) is 0 Å². The molecular formula is C11H19F2N. The van der Waals surface area contributed by atoms with E-state index in [0.717, 1.165) is 38.8 Å². The molecule has 1 atom stereocenters. The number of hydrogen-bond acceptors (Lipinski definition) is 1. The van der Waals surface area contributed by atoms with E-state index in [4.69, 9.17) is 0 Å². The second-order valence-corrected chi connectivity index (χ2v) is 4.68. The minimum atomic E-state index is -2.38. The fraction of sp³-hybridized carbons (Fsp3) is 1.00. The van der Waals surface area contributed by atoms with Gasteiger partial charge in [-0.05, 0) is 45.2 Å². The van der Waals surface area contributed by atoms with Gasteiger partial charge in [-0.3, -0.25) is 0 Å². The molecule has 0 spiro atoms. The summed E-state index contributed by atoms with van der Waals surface area (Å²) in [6.45, 7) is 1.68. The monoisotopic (exact) mass is 203 g/mol. The third-order valence-corrected chi connectivity index (χ3v) is 3.77. The van der Waals surface area contributed by atoms with Gasteiger partial charge in [0, 0.05) is 11.8 Å². The number of alkyl halides is 2. The summed E-state index contributed by atoms with van der Waals surface area (Å²) in [5.41, 5.74) is 0. The molecule has 1 heterocycles. The first kappa shape index (κ1) is 10.3. The molecule has 1 nitrogen and oxygen atoms in total. The Hall–Kier alpha value is -0.180. The van der Waals surface area contributed by atoms with Crippen molar-refractivity contribution >= 4 is 0 Å². The molecule has 1 N–H and O–H groups in total. The third-order valence-electron chi connectivity index (χ3n) is 3.77. The lowest BCUT2D eigenvalue weighted by molar-refractivity contribution is -0.135. The van der Waals surface area contributed by atoms with Crippen LogP contribution in [0.3, 0.4) is 0 Å². The smallest absolute Gasteiger partial charge is 0.253 e. The van der Waals surface area contributed by atoms with Crippen LogP contribution in [-0.2, 0) is 0 Å². The second-order valence-electron chi connectivity index (χ2n) is 4.68. The number of rotatable bonds is 2. The van der Waals surface area contributed by atoms with Crippen molar-refractivity contribution in [3.05, 3.63) is 0 Å². The topological polar surface area (TPSA) is 12.0 Å². The largest absolute Gasteiger partial charge is 0.317 e. The quantitative estimate of drug-likeness (QED) is 0.727. The normalized spacial score (nSPS) is 30.9. The van der Waals surface area contributed by atoms with Gasteiger partial charge in [-0.2, -0.15) is 0 Å². The van der Waals surface area contributed by atoms with Gasteiger partial charge in [-0.25, -0.2) is 8.78 Å². The Labute approximate surface area is 84.3 Å². The molecule has 82 valence electrons. The molecule has 1 unspecified atom stereocenters. The first-order chi connectivity index (χ1) is 6.71. The number of hydrogen-bond donors (Lipinski definition) is 1. The van der Waals surface area contributed by atoms with Gasteiger partial charge in [-0.1, -0.05) is 6.42 Å². The van der Waals surface area contributed by atoms with Gasteiger partial charge in [0.2, 0.25) is 0 Å². The molecule has 1 saturated heterocycles. The molecule has 2 rings (SSSR count). The Balaban J connectivity index is 1.95. The van der Waals surface area contributed by atoms with Crippen LogP contribution in [-0.4, -0.2) is 19.0 Å². The first-order valence-electron chi connectivity index (χ1n) is 5.80. The zero-order valence-corrected chi connectivity index (χ0v) is 8.57. The molecule has 1 aliphatic carbocycles. The van der Waals surface area contributed by atoms with Crippen LogP contribution in [0.2, 0.25) is 0 Å². The zero-order valence-electron chi connectivity index (χ0n) is 8.57. The van der Waals surface area contributed by atoms with E-state index in [1.54, 1.807) is 0 Å². The highest BCUT2D eigenvalue weighted by Crippen LogP contribution is 2.46. The van der Waals surface area contributed by atoms with Gasteiger partial charge in [0.25, 0.3) is 5.92 Å². The maximum Gasteiger partial charge on any atom is 0.253 e. The van der Waals surface area contributed by atoms with E-state index in [1.165, 1.54) is 0 Å². The molecule has 2 fully saturated rings. The van der Waals surface area contributed by atoms with E-state index < -0.39 is 5.92 Å². The standard InChI is InChI=1S/C11H19F2N/c12-11(13,9-3-1-4-9)10-5-2-7-14-8-6-10/h9-10,14H,1-8H2. The molecule has 14 heavy (non-hydrogen) atoms. The molecular weight excluding hydrogens is 184 g/mol. The van der Waals surface area contributed by atoms with Crippen LogP contribution >= 0.6 is 0 Å². The summed E-state index contributed by atoms with van der Waals surface area (Å²) in [7, 11) is 0. The highest BCUT2D eigenvalue weighted by molar-refractivity contribution is 4.90. The summed E-state index contributed by atoms with van der Waals surface area (Å²) >= 11 is 0. The molecule has 0 radical (unpaired) electrons. The van der Waals surface area contributed by atoms with Crippen molar-refractivity contribution in [3.63, 3.8) is 0 Å². The van der Waals surface area contributed by atoms with Crippen molar-refractivity contribution < 1.29 is 8.78 Å². The number of halogens is 2. The van der Waals surface area contributed by atoms with Crippen molar-refractivity contribution in [2.24, 2.45) is 11.8 Å². The zero-order chi connectivity index (χ0) is 10.0. The Morgan fingerprint density at radius 3 is 2.14 bits per heavy atom. The lowest BCUT2D eigenvalue weighted by Crippen LogP contribution is -2.40. The van der Waals surface area contributed by atoms with Gasteiger partial charge in [0.05, 0.1) is 0 Å². The van der Waals surface area contributed by atoms with Crippen LogP contribution in [0.4, 0.5) is 8.78 Å². The predicted molar refractivity (Wildman–Crippen MR) is 52.5 cm³/mol. The third kappa shape index (κ3) is 1.92. The molecule has 0 aromatic heterocycles. The highest BCUT2D eigenvalue weighted by Gasteiger charge is 2.48. The SMILES string of the molecule is FC(F)(C1CCC1)C1CCCNCC1. The molecule has 0 bridgehead atoms. The Morgan fingerprint density at radius 1 is 0.857 bits per heavy atom. The summed E-state index contributed by atoms with van der Waals surface area (Å²) in [6.07, 6.45) is 4.77. The fourth-order valence-electron chi connectivity index (χ4n) is 2.53. The second kappa shape index (κ2) is 4.13.